The number of benzene rings is 2. The van der Waals surface area contributed by atoms with Gasteiger partial charge in [-0.2, -0.15) is 0 Å². The third-order valence-corrected chi connectivity index (χ3v) is 5.22. The Morgan fingerprint density at radius 3 is 2.21 bits per heavy atom. The minimum atomic E-state index is -0.0425. The summed E-state index contributed by atoms with van der Waals surface area (Å²) >= 11 is 0. The molecule has 2 aromatic carbocycles. The Morgan fingerprint density at radius 2 is 1.57 bits per heavy atom. The van der Waals surface area contributed by atoms with Crippen molar-refractivity contribution in [1.29, 1.82) is 0 Å². The van der Waals surface area contributed by atoms with Gasteiger partial charge in [-0.05, 0) is 42.9 Å². The zero-order chi connectivity index (χ0) is 19.6. The maximum Gasteiger partial charge on any atom is 0.251 e. The van der Waals surface area contributed by atoms with Crippen LogP contribution in [0.15, 0.2) is 65.7 Å². The fraction of sp³-hybridized carbons (Fsp3) is 0.391. The van der Waals surface area contributed by atoms with E-state index < -0.39 is 0 Å². The van der Waals surface area contributed by atoms with Crippen LogP contribution in [0.2, 0.25) is 0 Å². The van der Waals surface area contributed by atoms with E-state index >= 15 is 0 Å². The van der Waals surface area contributed by atoms with E-state index in [0.717, 1.165) is 31.4 Å². The monoisotopic (exact) mass is 378 g/mol. The van der Waals surface area contributed by atoms with Crippen molar-refractivity contribution in [2.45, 2.75) is 19.3 Å². The number of hydrogen-bond donors (Lipinski definition) is 2. The van der Waals surface area contributed by atoms with Gasteiger partial charge in [0, 0.05) is 38.8 Å². The molecule has 5 heteroatoms. The standard InChI is InChI=1S/C23H30N4O/c1-24-23(26-15-14-25-22(28)21-10-6-3-7-11-21)27-16-12-20(13-17-27)18-19-8-4-2-5-9-19/h2-11,20H,12-18H2,1H3,(H,24,26)(H,25,28). The molecule has 0 saturated carbocycles. The van der Waals surface area contributed by atoms with E-state index in [1.807, 2.05) is 37.4 Å². The summed E-state index contributed by atoms with van der Waals surface area (Å²) in [5.41, 5.74) is 2.12. The predicted octanol–water partition coefficient (Wildman–Crippen LogP) is 2.95. The van der Waals surface area contributed by atoms with Crippen LogP contribution in [0.25, 0.3) is 0 Å². The molecule has 2 aromatic rings. The van der Waals surface area contributed by atoms with Gasteiger partial charge in [0.25, 0.3) is 5.91 Å². The van der Waals surface area contributed by atoms with Gasteiger partial charge in [0.15, 0.2) is 5.96 Å². The SMILES string of the molecule is CN=C(NCCNC(=O)c1ccccc1)N1CCC(Cc2ccccc2)CC1. The fourth-order valence-electron chi connectivity index (χ4n) is 3.67. The van der Waals surface area contributed by atoms with Gasteiger partial charge in [-0.15, -0.1) is 0 Å². The van der Waals surface area contributed by atoms with Crippen LogP contribution in [0.4, 0.5) is 0 Å². The van der Waals surface area contributed by atoms with Crippen LogP contribution in [0.1, 0.15) is 28.8 Å². The van der Waals surface area contributed by atoms with Crippen molar-refractivity contribution in [3.8, 4) is 0 Å². The number of nitrogens with one attached hydrogen (secondary N) is 2. The summed E-state index contributed by atoms with van der Waals surface area (Å²) < 4.78 is 0. The predicted molar refractivity (Wildman–Crippen MR) is 115 cm³/mol. The first-order valence-corrected chi connectivity index (χ1v) is 10.1. The summed E-state index contributed by atoms with van der Waals surface area (Å²) in [6.07, 6.45) is 3.52. The second-order valence-corrected chi connectivity index (χ2v) is 7.22. The topological polar surface area (TPSA) is 56.7 Å². The number of rotatable bonds is 6. The second kappa shape index (κ2) is 10.5. The number of amides is 1. The Labute approximate surface area is 167 Å². The summed E-state index contributed by atoms with van der Waals surface area (Å²) in [6, 6.07) is 20.0. The van der Waals surface area contributed by atoms with Crippen LogP contribution >= 0.6 is 0 Å². The van der Waals surface area contributed by atoms with Gasteiger partial charge >= 0.3 is 0 Å². The Kier molecular flexibility index (Phi) is 7.47. The van der Waals surface area contributed by atoms with Crippen molar-refractivity contribution >= 4 is 11.9 Å². The van der Waals surface area contributed by atoms with Gasteiger partial charge in [0.1, 0.15) is 0 Å². The Hall–Kier alpha value is -2.82. The lowest BCUT2D eigenvalue weighted by molar-refractivity contribution is 0.0954. The first-order valence-electron chi connectivity index (χ1n) is 10.1. The molecule has 0 atom stereocenters. The van der Waals surface area contributed by atoms with E-state index in [2.05, 4.69) is 50.9 Å². The van der Waals surface area contributed by atoms with Crippen molar-refractivity contribution < 1.29 is 4.79 Å². The number of piperidine rings is 1. The molecule has 0 bridgehead atoms. The molecule has 148 valence electrons. The highest BCUT2D eigenvalue weighted by Gasteiger charge is 2.21. The molecule has 1 fully saturated rings. The largest absolute Gasteiger partial charge is 0.354 e. The summed E-state index contributed by atoms with van der Waals surface area (Å²) in [6.45, 7) is 3.27. The minimum absolute atomic E-state index is 0.0425. The molecular weight excluding hydrogens is 348 g/mol. The molecule has 1 aliphatic rings. The van der Waals surface area contributed by atoms with Gasteiger partial charge in [0.05, 0.1) is 0 Å². The van der Waals surface area contributed by atoms with Gasteiger partial charge < -0.3 is 15.5 Å². The van der Waals surface area contributed by atoms with E-state index in [1.165, 1.54) is 18.4 Å². The number of aliphatic imine (C=N–C) groups is 1. The highest BCUT2D eigenvalue weighted by molar-refractivity contribution is 5.94. The van der Waals surface area contributed by atoms with E-state index in [1.54, 1.807) is 0 Å². The molecule has 1 amide bonds. The number of carbonyl (C=O) groups is 1. The molecule has 3 rings (SSSR count). The third kappa shape index (κ3) is 5.84. The molecule has 1 saturated heterocycles. The molecule has 2 N–H and O–H groups in total. The molecule has 0 unspecified atom stereocenters. The first-order chi connectivity index (χ1) is 13.8. The third-order valence-electron chi connectivity index (χ3n) is 5.22. The molecule has 0 aromatic heterocycles. The quantitative estimate of drug-likeness (QED) is 0.462. The summed E-state index contributed by atoms with van der Waals surface area (Å²) in [5.74, 6) is 1.62. The molecular formula is C23H30N4O. The Morgan fingerprint density at radius 1 is 0.964 bits per heavy atom. The van der Waals surface area contributed by atoms with Crippen LogP contribution in [0.3, 0.4) is 0 Å². The molecule has 1 heterocycles. The van der Waals surface area contributed by atoms with E-state index in [0.29, 0.717) is 18.7 Å². The van der Waals surface area contributed by atoms with Crippen LogP contribution < -0.4 is 10.6 Å². The van der Waals surface area contributed by atoms with Crippen LogP contribution in [0, 0.1) is 5.92 Å². The van der Waals surface area contributed by atoms with E-state index in [9.17, 15) is 4.79 Å². The second-order valence-electron chi connectivity index (χ2n) is 7.22. The lowest BCUT2D eigenvalue weighted by Crippen LogP contribution is -2.47. The molecule has 1 aliphatic heterocycles. The number of guanidine groups is 1. The summed E-state index contributed by atoms with van der Waals surface area (Å²) in [4.78, 5) is 18.8. The summed E-state index contributed by atoms with van der Waals surface area (Å²) in [5, 5.41) is 6.31. The zero-order valence-electron chi connectivity index (χ0n) is 16.6. The van der Waals surface area contributed by atoms with Crippen LogP contribution in [0.5, 0.6) is 0 Å². The van der Waals surface area contributed by atoms with Gasteiger partial charge in [-0.25, -0.2) is 0 Å². The molecule has 0 spiro atoms. The fourth-order valence-corrected chi connectivity index (χ4v) is 3.67. The van der Waals surface area contributed by atoms with Crippen LogP contribution in [-0.4, -0.2) is 50.0 Å². The minimum Gasteiger partial charge on any atom is -0.354 e. The average Bonchev–Trinajstić information content (AvgIpc) is 2.76. The molecule has 0 radical (unpaired) electrons. The van der Waals surface area contributed by atoms with Gasteiger partial charge in [0.2, 0.25) is 0 Å². The van der Waals surface area contributed by atoms with Crippen molar-refractivity contribution in [3.63, 3.8) is 0 Å². The molecule has 28 heavy (non-hydrogen) atoms. The lowest BCUT2D eigenvalue weighted by atomic mass is 9.90. The number of nitrogens with zero attached hydrogens (tertiary/aromatic N) is 2. The Balaban J connectivity index is 1.37. The summed E-state index contributed by atoms with van der Waals surface area (Å²) in [7, 11) is 1.82. The number of likely N-dealkylation sites (tertiary alicyclic amines) is 1. The van der Waals surface area contributed by atoms with Crippen LogP contribution in [-0.2, 0) is 6.42 Å². The lowest BCUT2D eigenvalue weighted by Gasteiger charge is -2.34. The highest BCUT2D eigenvalue weighted by atomic mass is 16.1. The Bertz CT molecular complexity index is 753. The molecule has 5 nitrogen and oxygen atoms in total. The molecule has 0 aliphatic carbocycles. The van der Waals surface area contributed by atoms with Crippen molar-refractivity contribution in [2.75, 3.05) is 33.2 Å². The van der Waals surface area contributed by atoms with Gasteiger partial charge in [-0.1, -0.05) is 48.5 Å². The van der Waals surface area contributed by atoms with Crippen molar-refractivity contribution in [2.24, 2.45) is 10.9 Å². The first kappa shape index (κ1) is 19.9. The smallest absolute Gasteiger partial charge is 0.251 e. The highest BCUT2D eigenvalue weighted by Crippen LogP contribution is 2.21. The van der Waals surface area contributed by atoms with E-state index in [-0.39, 0.29) is 5.91 Å². The van der Waals surface area contributed by atoms with Crippen molar-refractivity contribution in [3.05, 3.63) is 71.8 Å². The average molecular weight is 379 g/mol. The zero-order valence-corrected chi connectivity index (χ0v) is 16.6. The number of hydrogen-bond acceptors (Lipinski definition) is 2. The maximum absolute atomic E-state index is 12.1. The number of carbonyl (C=O) groups excluding carboxylic acids is 1. The maximum atomic E-state index is 12.1. The van der Waals surface area contributed by atoms with Gasteiger partial charge in [-0.3, -0.25) is 9.79 Å². The van der Waals surface area contributed by atoms with E-state index in [4.69, 9.17) is 0 Å². The normalized spacial score (nSPS) is 15.3. The van der Waals surface area contributed by atoms with Crippen molar-refractivity contribution in [1.82, 2.24) is 15.5 Å².